The zero-order valence-electron chi connectivity index (χ0n) is 16.9. The summed E-state index contributed by atoms with van der Waals surface area (Å²) in [6, 6.07) is 17.3. The molecule has 0 aliphatic carbocycles. The molecule has 4 heteroatoms. The first-order chi connectivity index (χ1) is 14.3. The number of hydrogen-bond donors (Lipinski definition) is 1. The first-order valence-electron chi connectivity index (χ1n) is 10.3. The minimum Gasteiger partial charge on any atom is -0.494 e. The molecule has 29 heavy (non-hydrogen) atoms. The molecule has 2 aromatic carbocycles. The number of hydrogen-bond acceptors (Lipinski definition) is 3. The van der Waals surface area contributed by atoms with Gasteiger partial charge in [0.2, 0.25) is 0 Å². The average Bonchev–Trinajstić information content (AvgIpc) is 2.77. The van der Waals surface area contributed by atoms with Crippen LogP contribution in [0.15, 0.2) is 72.9 Å². The molecule has 0 saturated heterocycles. The Bertz CT molecular complexity index is 966. The number of nitrogens with one attached hydrogen (secondary N) is 1. The van der Waals surface area contributed by atoms with Crippen molar-refractivity contribution in [3.63, 3.8) is 0 Å². The van der Waals surface area contributed by atoms with E-state index in [1.54, 1.807) is 12.3 Å². The van der Waals surface area contributed by atoms with Crippen molar-refractivity contribution in [2.75, 3.05) is 6.61 Å². The molecule has 0 saturated carbocycles. The van der Waals surface area contributed by atoms with Crippen molar-refractivity contribution in [3.8, 4) is 5.75 Å². The highest BCUT2D eigenvalue weighted by Gasteiger charge is 2.07. The minimum atomic E-state index is -0.0964. The minimum absolute atomic E-state index is 0.0964. The first kappa shape index (κ1) is 20.6. The van der Waals surface area contributed by atoms with Gasteiger partial charge >= 0.3 is 0 Å². The fraction of sp³-hybridized carbons (Fsp3) is 0.280. The van der Waals surface area contributed by atoms with Crippen LogP contribution in [0.5, 0.6) is 5.75 Å². The van der Waals surface area contributed by atoms with Crippen LogP contribution < -0.4 is 10.1 Å². The van der Waals surface area contributed by atoms with Gasteiger partial charge in [-0.2, -0.15) is 0 Å². The van der Waals surface area contributed by atoms with E-state index in [9.17, 15) is 4.79 Å². The number of ether oxygens (including phenoxy) is 1. The Morgan fingerprint density at radius 1 is 1.07 bits per heavy atom. The van der Waals surface area contributed by atoms with Gasteiger partial charge in [-0.3, -0.25) is 9.78 Å². The lowest BCUT2D eigenvalue weighted by Gasteiger charge is -2.09. The summed E-state index contributed by atoms with van der Waals surface area (Å²) in [6.45, 7) is 3.33. The van der Waals surface area contributed by atoms with E-state index in [-0.39, 0.29) is 5.91 Å². The van der Waals surface area contributed by atoms with Gasteiger partial charge in [0.05, 0.1) is 12.1 Å². The molecule has 0 bridgehead atoms. The maximum Gasteiger partial charge on any atom is 0.251 e. The fourth-order valence-corrected chi connectivity index (χ4v) is 3.04. The smallest absolute Gasteiger partial charge is 0.251 e. The molecular weight excluding hydrogens is 360 g/mol. The maximum atomic E-state index is 12.5. The van der Waals surface area contributed by atoms with Crippen molar-refractivity contribution in [2.24, 2.45) is 0 Å². The van der Waals surface area contributed by atoms with Gasteiger partial charge in [-0.15, -0.1) is 0 Å². The van der Waals surface area contributed by atoms with Crippen LogP contribution in [-0.2, 0) is 6.54 Å². The second kappa shape index (κ2) is 11.0. The molecule has 0 aliphatic rings. The second-order valence-corrected chi connectivity index (χ2v) is 6.99. The van der Waals surface area contributed by atoms with Crippen LogP contribution in [0.1, 0.15) is 48.5 Å². The number of unbranched alkanes of at least 4 members (excludes halogenated alkanes) is 2. The Kier molecular flexibility index (Phi) is 7.81. The molecule has 0 radical (unpaired) electrons. The Hall–Kier alpha value is -3.14. The molecule has 4 nitrogen and oxygen atoms in total. The molecule has 1 N–H and O–H groups in total. The van der Waals surface area contributed by atoms with Gasteiger partial charge in [0.15, 0.2) is 0 Å². The summed E-state index contributed by atoms with van der Waals surface area (Å²) >= 11 is 0. The number of carbonyl (C=O) groups excluding carboxylic acids is 1. The van der Waals surface area contributed by atoms with Crippen LogP contribution in [0.3, 0.4) is 0 Å². The number of carbonyl (C=O) groups is 1. The molecule has 1 aromatic heterocycles. The maximum absolute atomic E-state index is 12.5. The number of rotatable bonds is 10. The standard InChI is InChI=1S/C25H28N2O2/c1-2-3-4-5-6-7-16-29-23-12-8-10-20(17-23)19-27-25(28)22-13-14-24-21(18-22)11-9-15-26-24/h4-5,8-15,17-18H,2-3,6-7,16,19H2,1H3,(H,27,28)/b5-4+. The molecule has 0 unspecified atom stereocenters. The van der Waals surface area contributed by atoms with E-state index in [4.69, 9.17) is 4.74 Å². The van der Waals surface area contributed by atoms with Gasteiger partial charge in [-0.05, 0) is 61.2 Å². The van der Waals surface area contributed by atoms with Crippen molar-refractivity contribution in [3.05, 3.63) is 84.1 Å². The topological polar surface area (TPSA) is 51.2 Å². The van der Waals surface area contributed by atoms with Crippen LogP contribution >= 0.6 is 0 Å². The summed E-state index contributed by atoms with van der Waals surface area (Å²) in [5.74, 6) is 0.743. The number of fused-ring (bicyclic) bond motifs is 1. The SMILES string of the molecule is CCC/C=C/CCCOc1cccc(CNC(=O)c2ccc3ncccc3c2)c1. The largest absolute Gasteiger partial charge is 0.494 e. The summed E-state index contributed by atoms with van der Waals surface area (Å²) < 4.78 is 5.84. The Labute approximate surface area is 172 Å². The summed E-state index contributed by atoms with van der Waals surface area (Å²) in [6.07, 6.45) is 10.6. The highest BCUT2D eigenvalue weighted by Crippen LogP contribution is 2.15. The van der Waals surface area contributed by atoms with E-state index >= 15 is 0 Å². The molecule has 0 atom stereocenters. The highest BCUT2D eigenvalue weighted by molar-refractivity contribution is 5.97. The highest BCUT2D eigenvalue weighted by atomic mass is 16.5. The van der Waals surface area contributed by atoms with Crippen molar-refractivity contribution in [1.29, 1.82) is 0 Å². The lowest BCUT2D eigenvalue weighted by molar-refractivity contribution is 0.0951. The number of allylic oxidation sites excluding steroid dienone is 2. The summed E-state index contributed by atoms with van der Waals surface area (Å²) in [5.41, 5.74) is 2.53. The number of aromatic nitrogens is 1. The molecule has 1 amide bonds. The van der Waals surface area contributed by atoms with Crippen molar-refractivity contribution in [1.82, 2.24) is 10.3 Å². The molecule has 0 aliphatic heterocycles. The quantitative estimate of drug-likeness (QED) is 0.359. The Balaban J connectivity index is 1.48. The van der Waals surface area contributed by atoms with Crippen LogP contribution in [0.4, 0.5) is 0 Å². The summed E-state index contributed by atoms with van der Waals surface area (Å²) in [7, 11) is 0. The number of pyridine rings is 1. The monoisotopic (exact) mass is 388 g/mol. The lowest BCUT2D eigenvalue weighted by Crippen LogP contribution is -2.22. The zero-order valence-corrected chi connectivity index (χ0v) is 16.9. The van der Waals surface area contributed by atoms with Gasteiger partial charge in [0.1, 0.15) is 5.75 Å². The number of benzene rings is 2. The lowest BCUT2D eigenvalue weighted by atomic mass is 10.1. The Morgan fingerprint density at radius 2 is 1.97 bits per heavy atom. The van der Waals surface area contributed by atoms with E-state index in [0.29, 0.717) is 18.7 Å². The molecule has 3 aromatic rings. The van der Waals surface area contributed by atoms with Crippen LogP contribution in [0, 0.1) is 0 Å². The first-order valence-corrected chi connectivity index (χ1v) is 10.3. The van der Waals surface area contributed by atoms with Crippen molar-refractivity contribution in [2.45, 2.75) is 39.2 Å². The average molecular weight is 389 g/mol. The second-order valence-electron chi connectivity index (χ2n) is 6.99. The van der Waals surface area contributed by atoms with Gasteiger partial charge < -0.3 is 10.1 Å². The number of nitrogens with zero attached hydrogens (tertiary/aromatic N) is 1. The third kappa shape index (κ3) is 6.46. The molecule has 150 valence electrons. The Morgan fingerprint density at radius 3 is 2.86 bits per heavy atom. The predicted molar refractivity (Wildman–Crippen MR) is 118 cm³/mol. The van der Waals surface area contributed by atoms with E-state index in [0.717, 1.165) is 41.5 Å². The van der Waals surface area contributed by atoms with Gasteiger partial charge in [0.25, 0.3) is 5.91 Å². The van der Waals surface area contributed by atoms with Crippen LogP contribution in [0.2, 0.25) is 0 Å². The van der Waals surface area contributed by atoms with Gasteiger partial charge in [-0.1, -0.05) is 43.7 Å². The summed E-state index contributed by atoms with van der Waals surface area (Å²) in [5, 5.41) is 3.94. The zero-order chi connectivity index (χ0) is 20.3. The third-order valence-corrected chi connectivity index (χ3v) is 4.62. The van der Waals surface area contributed by atoms with Gasteiger partial charge in [-0.25, -0.2) is 0 Å². The van der Waals surface area contributed by atoms with Crippen molar-refractivity contribution < 1.29 is 9.53 Å². The van der Waals surface area contributed by atoms with E-state index < -0.39 is 0 Å². The van der Waals surface area contributed by atoms with E-state index in [2.05, 4.69) is 29.4 Å². The predicted octanol–water partition coefficient (Wildman–Crippen LogP) is 5.68. The molecule has 0 spiro atoms. The van der Waals surface area contributed by atoms with E-state index in [1.807, 2.05) is 48.5 Å². The normalized spacial score (nSPS) is 11.1. The molecule has 0 fully saturated rings. The van der Waals surface area contributed by atoms with Crippen molar-refractivity contribution >= 4 is 16.8 Å². The van der Waals surface area contributed by atoms with E-state index in [1.165, 1.54) is 6.42 Å². The molecular formula is C25H28N2O2. The van der Waals surface area contributed by atoms with Crippen LogP contribution in [-0.4, -0.2) is 17.5 Å². The van der Waals surface area contributed by atoms with Crippen LogP contribution in [0.25, 0.3) is 10.9 Å². The molecule has 1 heterocycles. The van der Waals surface area contributed by atoms with Gasteiger partial charge in [0, 0.05) is 23.7 Å². The summed E-state index contributed by atoms with van der Waals surface area (Å²) in [4.78, 5) is 16.8. The fourth-order valence-electron chi connectivity index (χ4n) is 3.04. The third-order valence-electron chi connectivity index (χ3n) is 4.62. The molecule has 3 rings (SSSR count). The number of amides is 1.